The van der Waals surface area contributed by atoms with Gasteiger partial charge in [0.2, 0.25) is 0 Å². The van der Waals surface area contributed by atoms with E-state index in [4.69, 9.17) is 0 Å². The van der Waals surface area contributed by atoms with Crippen LogP contribution in [0.1, 0.15) is 46.5 Å². The first kappa shape index (κ1) is 16.3. The van der Waals surface area contributed by atoms with Gasteiger partial charge in [0.1, 0.15) is 0 Å². The Morgan fingerprint density at radius 2 is 1.80 bits per heavy atom. The molecule has 1 aliphatic carbocycles. The van der Waals surface area contributed by atoms with Gasteiger partial charge in [-0.3, -0.25) is 9.80 Å². The third kappa shape index (κ3) is 3.75. The maximum absolute atomic E-state index is 3.48. The summed E-state index contributed by atoms with van der Waals surface area (Å²) >= 11 is 0. The van der Waals surface area contributed by atoms with Crippen molar-refractivity contribution in [1.82, 2.24) is 15.1 Å². The number of piperazine rings is 1. The summed E-state index contributed by atoms with van der Waals surface area (Å²) in [5.41, 5.74) is 0.842. The van der Waals surface area contributed by atoms with Crippen LogP contribution in [-0.4, -0.2) is 62.2 Å². The number of nitrogens with zero attached hydrogens (tertiary/aromatic N) is 2. The van der Waals surface area contributed by atoms with Gasteiger partial charge in [-0.15, -0.1) is 0 Å². The highest BCUT2D eigenvalue weighted by Crippen LogP contribution is 2.39. The van der Waals surface area contributed by atoms with Gasteiger partial charge in [-0.2, -0.15) is 0 Å². The molecule has 1 N–H and O–H groups in total. The summed E-state index contributed by atoms with van der Waals surface area (Å²) in [5.74, 6) is 0.934. The molecule has 1 saturated heterocycles. The first-order chi connectivity index (χ1) is 9.37. The molecule has 1 saturated carbocycles. The first-order valence-electron chi connectivity index (χ1n) is 8.45. The van der Waals surface area contributed by atoms with Crippen LogP contribution < -0.4 is 5.32 Å². The number of nitrogens with one attached hydrogen (secondary N) is 1. The second-order valence-electron chi connectivity index (χ2n) is 8.16. The number of hydrogen-bond acceptors (Lipinski definition) is 3. The average Bonchev–Trinajstić information content (AvgIpc) is 2.38. The average molecular weight is 281 g/mol. The van der Waals surface area contributed by atoms with Gasteiger partial charge in [-0.05, 0) is 52.1 Å². The van der Waals surface area contributed by atoms with Crippen LogP contribution in [0.4, 0.5) is 0 Å². The molecule has 0 aromatic heterocycles. The Kier molecular flexibility index (Phi) is 5.14. The van der Waals surface area contributed by atoms with Gasteiger partial charge in [-0.25, -0.2) is 0 Å². The maximum atomic E-state index is 3.48. The van der Waals surface area contributed by atoms with Gasteiger partial charge in [-0.1, -0.05) is 19.8 Å². The van der Waals surface area contributed by atoms with Crippen molar-refractivity contribution in [3.05, 3.63) is 0 Å². The van der Waals surface area contributed by atoms with E-state index < -0.39 is 0 Å². The zero-order valence-corrected chi connectivity index (χ0v) is 14.3. The Bertz CT molecular complexity index is 305. The highest BCUT2D eigenvalue weighted by atomic mass is 15.3. The van der Waals surface area contributed by atoms with Crippen molar-refractivity contribution < 1.29 is 0 Å². The van der Waals surface area contributed by atoms with E-state index in [1.165, 1.54) is 58.4 Å². The quantitative estimate of drug-likeness (QED) is 0.854. The number of likely N-dealkylation sites (N-methyl/N-ethyl adjacent to an activating group) is 1. The molecule has 0 bridgehead atoms. The molecule has 1 aliphatic heterocycles. The topological polar surface area (TPSA) is 18.5 Å². The van der Waals surface area contributed by atoms with Gasteiger partial charge in [0.05, 0.1) is 0 Å². The summed E-state index contributed by atoms with van der Waals surface area (Å²) in [6, 6.07) is 0. The van der Waals surface area contributed by atoms with Crippen molar-refractivity contribution in [3.8, 4) is 0 Å². The van der Waals surface area contributed by atoms with Crippen molar-refractivity contribution in [3.63, 3.8) is 0 Å². The zero-order chi connectivity index (χ0) is 14.8. The van der Waals surface area contributed by atoms with Crippen molar-refractivity contribution >= 4 is 0 Å². The predicted molar refractivity (Wildman–Crippen MR) is 87.1 cm³/mol. The Hall–Kier alpha value is -0.120. The zero-order valence-electron chi connectivity index (χ0n) is 14.3. The third-order valence-electron chi connectivity index (χ3n) is 5.84. The van der Waals surface area contributed by atoms with E-state index in [0.717, 1.165) is 5.92 Å². The van der Waals surface area contributed by atoms with Crippen molar-refractivity contribution in [1.29, 1.82) is 0 Å². The lowest BCUT2D eigenvalue weighted by Crippen LogP contribution is -2.60. The predicted octanol–water partition coefficient (Wildman–Crippen LogP) is 2.43. The van der Waals surface area contributed by atoms with Crippen LogP contribution in [0.5, 0.6) is 0 Å². The standard InChI is InChI=1S/C17H35N3/c1-15-6-8-17(9-7-15,12-18-4)14-20-11-10-19(5)16(2,3)13-20/h15,18H,6-14H2,1-5H3. The lowest BCUT2D eigenvalue weighted by molar-refractivity contribution is 0.00354. The molecule has 3 heteroatoms. The van der Waals surface area contributed by atoms with Crippen LogP contribution in [-0.2, 0) is 0 Å². The van der Waals surface area contributed by atoms with E-state index in [-0.39, 0.29) is 0 Å². The van der Waals surface area contributed by atoms with E-state index in [1.807, 2.05) is 0 Å². The Morgan fingerprint density at radius 3 is 2.35 bits per heavy atom. The molecule has 118 valence electrons. The first-order valence-corrected chi connectivity index (χ1v) is 8.45. The fourth-order valence-electron chi connectivity index (χ4n) is 4.09. The van der Waals surface area contributed by atoms with Crippen molar-refractivity contribution in [2.45, 2.75) is 52.0 Å². The summed E-state index contributed by atoms with van der Waals surface area (Å²) in [6.07, 6.45) is 5.64. The number of hydrogen-bond donors (Lipinski definition) is 1. The largest absolute Gasteiger partial charge is 0.319 e. The molecule has 0 atom stereocenters. The second kappa shape index (κ2) is 6.33. The molecule has 2 rings (SSSR count). The van der Waals surface area contributed by atoms with Crippen LogP contribution in [0.3, 0.4) is 0 Å². The molecule has 1 heterocycles. The summed E-state index contributed by atoms with van der Waals surface area (Å²) < 4.78 is 0. The minimum absolute atomic E-state index is 0.320. The molecule has 0 radical (unpaired) electrons. The van der Waals surface area contributed by atoms with Gasteiger partial charge in [0, 0.05) is 38.3 Å². The molecule has 0 aromatic rings. The minimum Gasteiger partial charge on any atom is -0.319 e. The SMILES string of the molecule is CNCC1(CN2CCN(C)C(C)(C)C2)CCC(C)CC1. The fraction of sp³-hybridized carbons (Fsp3) is 1.00. The van der Waals surface area contributed by atoms with Crippen molar-refractivity contribution in [2.75, 3.05) is 46.8 Å². The Labute approximate surface area is 126 Å². The Balaban J connectivity index is 1.98. The summed E-state index contributed by atoms with van der Waals surface area (Å²) in [6.45, 7) is 13.3. The lowest BCUT2D eigenvalue weighted by Gasteiger charge is -2.49. The molecule has 2 aliphatic rings. The van der Waals surface area contributed by atoms with E-state index in [2.05, 4.69) is 50.0 Å². The van der Waals surface area contributed by atoms with Gasteiger partial charge < -0.3 is 5.32 Å². The minimum atomic E-state index is 0.320. The van der Waals surface area contributed by atoms with Crippen LogP contribution in [0.15, 0.2) is 0 Å². The van der Waals surface area contributed by atoms with Gasteiger partial charge in [0.15, 0.2) is 0 Å². The van der Waals surface area contributed by atoms with Crippen LogP contribution in [0.2, 0.25) is 0 Å². The highest BCUT2D eigenvalue weighted by Gasteiger charge is 2.38. The summed E-state index contributed by atoms with van der Waals surface area (Å²) in [7, 11) is 4.39. The van der Waals surface area contributed by atoms with Crippen LogP contribution >= 0.6 is 0 Å². The van der Waals surface area contributed by atoms with E-state index >= 15 is 0 Å². The van der Waals surface area contributed by atoms with Crippen LogP contribution in [0, 0.1) is 11.3 Å². The fourth-order valence-corrected chi connectivity index (χ4v) is 4.09. The number of rotatable bonds is 4. The molecule has 3 nitrogen and oxygen atoms in total. The Morgan fingerprint density at radius 1 is 1.15 bits per heavy atom. The molecule has 0 amide bonds. The van der Waals surface area contributed by atoms with E-state index in [0.29, 0.717) is 11.0 Å². The van der Waals surface area contributed by atoms with Crippen molar-refractivity contribution in [2.24, 2.45) is 11.3 Å². The van der Waals surface area contributed by atoms with Crippen LogP contribution in [0.25, 0.3) is 0 Å². The normalized spacial score (nSPS) is 36.1. The maximum Gasteiger partial charge on any atom is 0.0277 e. The molecule has 2 fully saturated rings. The monoisotopic (exact) mass is 281 g/mol. The third-order valence-corrected chi connectivity index (χ3v) is 5.84. The molecule has 0 aromatic carbocycles. The molecular formula is C17H35N3. The van der Waals surface area contributed by atoms with Gasteiger partial charge >= 0.3 is 0 Å². The summed E-state index contributed by atoms with van der Waals surface area (Å²) in [4.78, 5) is 5.24. The lowest BCUT2D eigenvalue weighted by atomic mass is 9.70. The smallest absolute Gasteiger partial charge is 0.0277 e. The van der Waals surface area contributed by atoms with E-state index in [1.54, 1.807) is 0 Å². The van der Waals surface area contributed by atoms with Gasteiger partial charge in [0.25, 0.3) is 0 Å². The summed E-state index contributed by atoms with van der Waals surface area (Å²) in [5, 5.41) is 3.48. The second-order valence-corrected chi connectivity index (χ2v) is 8.16. The molecular weight excluding hydrogens is 246 g/mol. The molecule has 0 unspecified atom stereocenters. The molecule has 0 spiro atoms. The highest BCUT2D eigenvalue weighted by molar-refractivity contribution is 4.94. The van der Waals surface area contributed by atoms with E-state index in [9.17, 15) is 0 Å². The molecule has 20 heavy (non-hydrogen) atoms.